The number of amides is 1. The molecule has 0 radical (unpaired) electrons. The van der Waals surface area contributed by atoms with E-state index in [9.17, 15) is 18.0 Å². The summed E-state index contributed by atoms with van der Waals surface area (Å²) in [6.45, 7) is 1.77. The summed E-state index contributed by atoms with van der Waals surface area (Å²) in [7, 11) is 0. The first-order valence-electron chi connectivity index (χ1n) is 8.14. The average Bonchev–Trinajstić information content (AvgIpc) is 3.24. The maximum absolute atomic E-state index is 12.7. The molecule has 0 aliphatic rings. The number of carbonyl (C=O) groups is 1. The quantitative estimate of drug-likeness (QED) is 0.508. The molecule has 0 aliphatic heterocycles. The van der Waals surface area contributed by atoms with Crippen molar-refractivity contribution in [3.8, 4) is 0 Å². The zero-order valence-electron chi connectivity index (χ0n) is 14.1. The molecule has 0 saturated carbocycles. The number of nitrogens with zero attached hydrogens (tertiary/aromatic N) is 2. The number of aromatic nitrogens is 4. The Kier molecular flexibility index (Phi) is 3.87. The van der Waals surface area contributed by atoms with Gasteiger partial charge in [-0.1, -0.05) is 12.1 Å². The zero-order valence-corrected chi connectivity index (χ0v) is 14.1. The summed E-state index contributed by atoms with van der Waals surface area (Å²) in [5.41, 5.74) is 2.15. The lowest BCUT2D eigenvalue weighted by atomic mass is 10.1. The summed E-state index contributed by atoms with van der Waals surface area (Å²) >= 11 is 0. The predicted molar refractivity (Wildman–Crippen MR) is 93.1 cm³/mol. The lowest BCUT2D eigenvalue weighted by Crippen LogP contribution is -2.27. The smallest absolute Gasteiger partial charge is 0.342 e. The Morgan fingerprint density at radius 1 is 1.04 bits per heavy atom. The number of alkyl halides is 3. The van der Waals surface area contributed by atoms with Gasteiger partial charge in [-0.2, -0.15) is 13.2 Å². The number of para-hydroxylation sites is 2. The second-order valence-corrected chi connectivity index (χ2v) is 6.15. The number of aromatic amines is 2. The maximum atomic E-state index is 12.7. The highest BCUT2D eigenvalue weighted by Crippen LogP contribution is 2.28. The third kappa shape index (κ3) is 3.23. The van der Waals surface area contributed by atoms with Gasteiger partial charge in [0.1, 0.15) is 5.82 Å². The number of halogens is 3. The van der Waals surface area contributed by atoms with Gasteiger partial charge in [0.2, 0.25) is 5.82 Å². The lowest BCUT2D eigenvalue weighted by Gasteiger charge is -2.11. The summed E-state index contributed by atoms with van der Waals surface area (Å²) in [6.07, 6.45) is -4.57. The summed E-state index contributed by atoms with van der Waals surface area (Å²) in [6, 6.07) is 11.2. The minimum Gasteiger partial charge on any atom is -0.342 e. The number of benzene rings is 2. The molecule has 0 saturated heterocycles. The van der Waals surface area contributed by atoms with E-state index >= 15 is 0 Å². The van der Waals surface area contributed by atoms with Crippen molar-refractivity contribution in [3.05, 3.63) is 59.7 Å². The monoisotopic (exact) mass is 373 g/mol. The molecule has 4 rings (SSSR count). The average molecular weight is 373 g/mol. The molecule has 6 nitrogen and oxygen atoms in total. The van der Waals surface area contributed by atoms with Crippen LogP contribution in [0.2, 0.25) is 0 Å². The molecule has 0 spiro atoms. The molecular formula is C18H14F3N5O. The number of hydrogen-bond donors (Lipinski definition) is 3. The van der Waals surface area contributed by atoms with Gasteiger partial charge >= 0.3 is 6.18 Å². The van der Waals surface area contributed by atoms with Crippen molar-refractivity contribution in [2.24, 2.45) is 0 Å². The lowest BCUT2D eigenvalue weighted by molar-refractivity contribution is -0.144. The molecule has 1 unspecified atom stereocenters. The van der Waals surface area contributed by atoms with Crippen LogP contribution in [0.5, 0.6) is 0 Å². The van der Waals surface area contributed by atoms with Gasteiger partial charge in [0.05, 0.1) is 28.1 Å². The standard InChI is InChI=1S/C18H14F3N5O/c1-9(15-23-11-4-2-3-5-12(11)24-15)22-16(27)10-6-7-13-14(8-10)26-17(25-13)18(19,20)21/h2-9H,1H3,(H,22,27)(H,23,24)(H,25,26). The van der Waals surface area contributed by atoms with Gasteiger partial charge in [-0.05, 0) is 37.3 Å². The third-order valence-electron chi connectivity index (χ3n) is 4.18. The van der Waals surface area contributed by atoms with E-state index in [0.29, 0.717) is 5.82 Å². The number of H-pyrrole nitrogens is 2. The van der Waals surface area contributed by atoms with E-state index in [1.165, 1.54) is 18.2 Å². The van der Waals surface area contributed by atoms with Crippen molar-refractivity contribution in [1.82, 2.24) is 25.3 Å². The number of rotatable bonds is 3. The molecule has 27 heavy (non-hydrogen) atoms. The van der Waals surface area contributed by atoms with E-state index in [2.05, 4.69) is 25.3 Å². The Hall–Kier alpha value is -3.36. The van der Waals surface area contributed by atoms with E-state index in [0.717, 1.165) is 11.0 Å². The molecule has 2 heterocycles. The van der Waals surface area contributed by atoms with E-state index in [1.54, 1.807) is 6.92 Å². The summed E-state index contributed by atoms with van der Waals surface area (Å²) in [4.78, 5) is 25.7. The number of hydrogen-bond acceptors (Lipinski definition) is 3. The highest BCUT2D eigenvalue weighted by atomic mass is 19.4. The van der Waals surface area contributed by atoms with Gasteiger partial charge < -0.3 is 15.3 Å². The van der Waals surface area contributed by atoms with Crippen LogP contribution in [-0.2, 0) is 6.18 Å². The minimum atomic E-state index is -4.57. The van der Waals surface area contributed by atoms with Gasteiger partial charge in [0.15, 0.2) is 0 Å². The molecule has 0 bridgehead atoms. The number of fused-ring (bicyclic) bond motifs is 2. The summed E-state index contributed by atoms with van der Waals surface area (Å²) in [5, 5.41) is 2.79. The van der Waals surface area contributed by atoms with Crippen LogP contribution >= 0.6 is 0 Å². The fraction of sp³-hybridized carbons (Fsp3) is 0.167. The largest absolute Gasteiger partial charge is 0.449 e. The number of carbonyl (C=O) groups excluding carboxylic acids is 1. The molecule has 138 valence electrons. The van der Waals surface area contributed by atoms with Crippen molar-refractivity contribution in [2.75, 3.05) is 0 Å². The highest BCUT2D eigenvalue weighted by Gasteiger charge is 2.34. The van der Waals surface area contributed by atoms with Crippen LogP contribution in [0.4, 0.5) is 13.2 Å². The van der Waals surface area contributed by atoms with Crippen LogP contribution < -0.4 is 5.32 Å². The molecule has 9 heteroatoms. The van der Waals surface area contributed by atoms with Crippen molar-refractivity contribution >= 4 is 28.0 Å². The fourth-order valence-electron chi connectivity index (χ4n) is 2.81. The van der Waals surface area contributed by atoms with Crippen molar-refractivity contribution in [3.63, 3.8) is 0 Å². The second-order valence-electron chi connectivity index (χ2n) is 6.15. The molecule has 2 aromatic carbocycles. The Balaban J connectivity index is 1.56. The van der Waals surface area contributed by atoms with Crippen LogP contribution in [0.3, 0.4) is 0 Å². The first-order chi connectivity index (χ1) is 12.8. The minimum absolute atomic E-state index is 0.143. The van der Waals surface area contributed by atoms with Crippen LogP contribution in [0, 0.1) is 0 Å². The second kappa shape index (κ2) is 6.11. The van der Waals surface area contributed by atoms with Gasteiger partial charge in [0.25, 0.3) is 5.91 Å². The van der Waals surface area contributed by atoms with Crippen LogP contribution in [0.15, 0.2) is 42.5 Å². The third-order valence-corrected chi connectivity index (χ3v) is 4.18. The van der Waals surface area contributed by atoms with E-state index < -0.39 is 23.9 Å². The Bertz CT molecular complexity index is 1110. The van der Waals surface area contributed by atoms with E-state index in [-0.39, 0.29) is 16.6 Å². The first kappa shape index (κ1) is 17.1. The topological polar surface area (TPSA) is 86.5 Å². The maximum Gasteiger partial charge on any atom is 0.449 e. The van der Waals surface area contributed by atoms with Gasteiger partial charge in [-0.15, -0.1) is 0 Å². The molecule has 3 N–H and O–H groups in total. The van der Waals surface area contributed by atoms with E-state index in [1.807, 2.05) is 24.3 Å². The molecular weight excluding hydrogens is 359 g/mol. The number of nitrogens with one attached hydrogen (secondary N) is 3. The van der Waals surface area contributed by atoms with Gasteiger partial charge in [0, 0.05) is 5.56 Å². The highest BCUT2D eigenvalue weighted by molar-refractivity contribution is 5.97. The summed E-state index contributed by atoms with van der Waals surface area (Å²) in [5.74, 6) is -0.926. The Morgan fingerprint density at radius 2 is 1.78 bits per heavy atom. The van der Waals surface area contributed by atoms with Crippen LogP contribution in [0.25, 0.3) is 22.1 Å². The Labute approximate surface area is 150 Å². The number of imidazole rings is 2. The van der Waals surface area contributed by atoms with E-state index in [4.69, 9.17) is 0 Å². The van der Waals surface area contributed by atoms with Crippen molar-refractivity contribution < 1.29 is 18.0 Å². The molecule has 0 aliphatic carbocycles. The molecule has 1 amide bonds. The molecule has 2 aromatic heterocycles. The normalized spacial score (nSPS) is 13.2. The van der Waals surface area contributed by atoms with Crippen LogP contribution in [-0.4, -0.2) is 25.8 Å². The van der Waals surface area contributed by atoms with Crippen molar-refractivity contribution in [1.29, 1.82) is 0 Å². The predicted octanol–water partition coefficient (Wildman–Crippen LogP) is 3.95. The van der Waals surface area contributed by atoms with Crippen molar-refractivity contribution in [2.45, 2.75) is 19.1 Å². The fourth-order valence-corrected chi connectivity index (χ4v) is 2.81. The van der Waals surface area contributed by atoms with Crippen LogP contribution in [0.1, 0.15) is 35.0 Å². The summed E-state index contributed by atoms with van der Waals surface area (Å²) < 4.78 is 38.2. The molecule has 1 atom stereocenters. The van der Waals surface area contributed by atoms with Gasteiger partial charge in [-0.3, -0.25) is 4.79 Å². The Morgan fingerprint density at radius 3 is 2.52 bits per heavy atom. The van der Waals surface area contributed by atoms with Gasteiger partial charge in [-0.25, -0.2) is 9.97 Å². The first-order valence-corrected chi connectivity index (χ1v) is 8.14. The SMILES string of the molecule is CC(NC(=O)c1ccc2nc(C(F)(F)F)[nH]c2c1)c1nc2ccccc2[nH]1. The molecule has 0 fully saturated rings. The molecule has 4 aromatic rings. The zero-order chi connectivity index (χ0) is 19.2.